The van der Waals surface area contributed by atoms with Crippen LogP contribution in [0.3, 0.4) is 0 Å². The molecule has 1 N–H and O–H groups in total. The second kappa shape index (κ2) is 5.19. The summed E-state index contributed by atoms with van der Waals surface area (Å²) in [6.07, 6.45) is 0. The molecule has 0 radical (unpaired) electrons. The van der Waals surface area contributed by atoms with E-state index in [0.717, 1.165) is 25.2 Å². The summed E-state index contributed by atoms with van der Waals surface area (Å²) in [7, 11) is -3.25. The summed E-state index contributed by atoms with van der Waals surface area (Å²) in [5.41, 5.74) is -2.38. The Kier molecular flexibility index (Phi) is 4.17. The van der Waals surface area contributed by atoms with E-state index in [1.807, 2.05) is 0 Å². The molecular formula is C12H13FN2O4S. The second-order valence-electron chi connectivity index (χ2n) is 4.56. The maximum absolute atomic E-state index is 13.5. The van der Waals surface area contributed by atoms with Crippen LogP contribution >= 0.6 is 0 Å². The van der Waals surface area contributed by atoms with Crippen molar-refractivity contribution in [2.75, 3.05) is 7.05 Å². The predicted molar refractivity (Wildman–Crippen MR) is 67.8 cm³/mol. The molecule has 0 unspecified atom stereocenters. The van der Waals surface area contributed by atoms with Crippen LogP contribution in [0.2, 0.25) is 0 Å². The minimum Gasteiger partial charge on any atom is -0.480 e. The number of nitriles is 1. The Hall–Kier alpha value is -1.98. The van der Waals surface area contributed by atoms with Crippen LogP contribution in [0.4, 0.5) is 4.39 Å². The fourth-order valence-corrected chi connectivity index (χ4v) is 3.04. The number of hydrogen-bond acceptors (Lipinski definition) is 4. The first-order valence-corrected chi connectivity index (χ1v) is 6.92. The average molecular weight is 300 g/mol. The molecule has 0 saturated carbocycles. The zero-order chi connectivity index (χ0) is 15.7. The molecule has 0 spiro atoms. The maximum atomic E-state index is 13.5. The van der Waals surface area contributed by atoms with Gasteiger partial charge in [0.05, 0.1) is 0 Å². The SMILES string of the molecule is CN(C(C)(C)C(=O)O)S(=O)(=O)c1cccc(F)c1C#N. The minimum absolute atomic E-state index is 0.558. The molecule has 0 aliphatic heterocycles. The van der Waals surface area contributed by atoms with E-state index in [-0.39, 0.29) is 0 Å². The lowest BCUT2D eigenvalue weighted by Crippen LogP contribution is -2.50. The van der Waals surface area contributed by atoms with E-state index in [1.54, 1.807) is 0 Å². The van der Waals surface area contributed by atoms with Crippen LogP contribution < -0.4 is 0 Å². The molecular weight excluding hydrogens is 287 g/mol. The van der Waals surface area contributed by atoms with E-state index in [1.165, 1.54) is 19.9 Å². The summed E-state index contributed by atoms with van der Waals surface area (Å²) in [6, 6.07) is 4.64. The van der Waals surface area contributed by atoms with Gasteiger partial charge in [-0.25, -0.2) is 12.8 Å². The van der Waals surface area contributed by atoms with Crippen molar-refractivity contribution in [3.05, 3.63) is 29.6 Å². The number of carboxylic acids is 1. The predicted octanol–water partition coefficient (Wildman–Crippen LogP) is 1.18. The van der Waals surface area contributed by atoms with Gasteiger partial charge in [0.25, 0.3) is 0 Å². The van der Waals surface area contributed by atoms with Crippen LogP contribution in [0.5, 0.6) is 0 Å². The van der Waals surface area contributed by atoms with Gasteiger partial charge in [0.2, 0.25) is 10.0 Å². The molecule has 0 bridgehead atoms. The lowest BCUT2D eigenvalue weighted by atomic mass is 10.1. The quantitative estimate of drug-likeness (QED) is 0.900. The van der Waals surface area contributed by atoms with Crippen LogP contribution in [-0.2, 0) is 14.8 Å². The number of nitrogens with zero attached hydrogens (tertiary/aromatic N) is 2. The van der Waals surface area contributed by atoms with E-state index in [9.17, 15) is 17.6 Å². The van der Waals surface area contributed by atoms with Gasteiger partial charge < -0.3 is 5.11 Å². The van der Waals surface area contributed by atoms with Crippen LogP contribution in [0.15, 0.2) is 23.1 Å². The molecule has 0 atom stereocenters. The van der Waals surface area contributed by atoms with Crippen LogP contribution in [0, 0.1) is 17.1 Å². The van der Waals surface area contributed by atoms with E-state index in [0.29, 0.717) is 4.31 Å². The standard InChI is InChI=1S/C12H13FN2O4S/c1-12(2,11(16)17)15(3)20(18,19)10-6-4-5-9(13)8(10)7-14/h4-6H,1-3H3,(H,16,17). The van der Waals surface area contributed by atoms with Crippen molar-refractivity contribution in [3.63, 3.8) is 0 Å². The third kappa shape index (κ3) is 2.50. The summed E-state index contributed by atoms with van der Waals surface area (Å²) < 4.78 is 38.8. The molecule has 6 nitrogen and oxygen atoms in total. The smallest absolute Gasteiger partial charge is 0.324 e. The highest BCUT2D eigenvalue weighted by atomic mass is 32.2. The molecule has 1 aromatic carbocycles. The Morgan fingerprint density at radius 3 is 2.45 bits per heavy atom. The second-order valence-corrected chi connectivity index (χ2v) is 6.50. The molecule has 0 aliphatic rings. The Morgan fingerprint density at radius 2 is 2.00 bits per heavy atom. The largest absolute Gasteiger partial charge is 0.480 e. The Bertz CT molecular complexity index is 692. The van der Waals surface area contributed by atoms with Crippen molar-refractivity contribution in [2.45, 2.75) is 24.3 Å². The van der Waals surface area contributed by atoms with Gasteiger partial charge in [0, 0.05) is 7.05 Å². The average Bonchev–Trinajstić information content (AvgIpc) is 2.37. The molecule has 108 valence electrons. The highest BCUT2D eigenvalue weighted by molar-refractivity contribution is 7.89. The molecule has 0 fully saturated rings. The summed E-state index contributed by atoms with van der Waals surface area (Å²) in [6.45, 7) is 2.39. The van der Waals surface area contributed by atoms with Gasteiger partial charge in [-0.1, -0.05) is 6.07 Å². The zero-order valence-electron chi connectivity index (χ0n) is 11.1. The topological polar surface area (TPSA) is 98.5 Å². The van der Waals surface area contributed by atoms with Crippen LogP contribution in [0.25, 0.3) is 0 Å². The van der Waals surface area contributed by atoms with Crippen molar-refractivity contribution in [1.82, 2.24) is 4.31 Å². The van der Waals surface area contributed by atoms with E-state index < -0.39 is 37.8 Å². The summed E-state index contributed by atoms with van der Waals surface area (Å²) >= 11 is 0. The molecule has 20 heavy (non-hydrogen) atoms. The lowest BCUT2D eigenvalue weighted by molar-refractivity contribution is -0.145. The fraction of sp³-hybridized carbons (Fsp3) is 0.333. The molecule has 0 heterocycles. The number of aliphatic carboxylic acids is 1. The number of sulfonamides is 1. The minimum atomic E-state index is -4.32. The van der Waals surface area contributed by atoms with Crippen molar-refractivity contribution in [3.8, 4) is 6.07 Å². The van der Waals surface area contributed by atoms with Gasteiger partial charge in [0.1, 0.15) is 27.9 Å². The number of carboxylic acid groups (broad SMARTS) is 1. The fourth-order valence-electron chi connectivity index (χ4n) is 1.41. The van der Waals surface area contributed by atoms with Gasteiger partial charge >= 0.3 is 5.97 Å². The Labute approximate surface area is 116 Å². The Balaban J connectivity index is 3.51. The number of rotatable bonds is 4. The van der Waals surface area contributed by atoms with E-state index in [4.69, 9.17) is 10.4 Å². The molecule has 1 aromatic rings. The first-order chi connectivity index (χ1) is 9.06. The van der Waals surface area contributed by atoms with Gasteiger partial charge in [0.15, 0.2) is 0 Å². The van der Waals surface area contributed by atoms with Crippen LogP contribution in [-0.4, -0.2) is 36.4 Å². The molecule has 8 heteroatoms. The van der Waals surface area contributed by atoms with Crippen molar-refractivity contribution < 1.29 is 22.7 Å². The summed E-state index contributed by atoms with van der Waals surface area (Å²) in [4.78, 5) is 10.6. The molecule has 0 saturated heterocycles. The van der Waals surface area contributed by atoms with Gasteiger partial charge in [-0.2, -0.15) is 9.57 Å². The van der Waals surface area contributed by atoms with E-state index in [2.05, 4.69) is 0 Å². The first-order valence-electron chi connectivity index (χ1n) is 5.48. The molecule has 0 aliphatic carbocycles. The third-order valence-corrected chi connectivity index (χ3v) is 5.11. The van der Waals surface area contributed by atoms with Gasteiger partial charge in [-0.15, -0.1) is 0 Å². The number of benzene rings is 1. The first kappa shape index (κ1) is 16.1. The third-order valence-electron chi connectivity index (χ3n) is 3.04. The van der Waals surface area contributed by atoms with Crippen molar-refractivity contribution >= 4 is 16.0 Å². The monoisotopic (exact) mass is 300 g/mol. The lowest BCUT2D eigenvalue weighted by Gasteiger charge is -2.30. The Morgan fingerprint density at radius 1 is 1.45 bits per heavy atom. The number of carbonyl (C=O) groups is 1. The number of likely N-dealkylation sites (N-methyl/N-ethyl adjacent to an activating group) is 1. The molecule has 0 amide bonds. The molecule has 1 rings (SSSR count). The summed E-state index contributed by atoms with van der Waals surface area (Å²) in [5.74, 6) is -2.34. The molecule has 0 aromatic heterocycles. The maximum Gasteiger partial charge on any atom is 0.324 e. The van der Waals surface area contributed by atoms with Crippen LogP contribution in [0.1, 0.15) is 19.4 Å². The number of halogens is 1. The highest BCUT2D eigenvalue weighted by Crippen LogP contribution is 2.26. The number of hydrogen-bond donors (Lipinski definition) is 1. The highest BCUT2D eigenvalue weighted by Gasteiger charge is 2.41. The zero-order valence-corrected chi connectivity index (χ0v) is 11.9. The van der Waals surface area contributed by atoms with Crippen molar-refractivity contribution in [1.29, 1.82) is 5.26 Å². The van der Waals surface area contributed by atoms with Gasteiger partial charge in [-0.3, -0.25) is 4.79 Å². The summed E-state index contributed by atoms with van der Waals surface area (Å²) in [5, 5.41) is 17.9. The van der Waals surface area contributed by atoms with Gasteiger partial charge in [-0.05, 0) is 26.0 Å². The van der Waals surface area contributed by atoms with Crippen molar-refractivity contribution in [2.24, 2.45) is 0 Å². The normalized spacial score (nSPS) is 12.2. The van der Waals surface area contributed by atoms with E-state index >= 15 is 0 Å².